The lowest BCUT2D eigenvalue weighted by Gasteiger charge is -2.29. The lowest BCUT2D eigenvalue weighted by atomic mass is 9.76. The van der Waals surface area contributed by atoms with Crippen LogP contribution in [0.4, 0.5) is 0 Å². The Morgan fingerprint density at radius 1 is 0.762 bits per heavy atom. The van der Waals surface area contributed by atoms with E-state index in [-0.39, 0.29) is 0 Å². The quantitative estimate of drug-likeness (QED) is 0.508. The molecule has 0 spiro atoms. The number of hydrogen-bond donors (Lipinski definition) is 0. The van der Waals surface area contributed by atoms with E-state index in [1.165, 1.54) is 56.9 Å². The number of unbranched alkanes of at least 4 members (excludes halogenated alkanes) is 1. The first-order valence-corrected chi connectivity index (χ1v) is 9.47. The van der Waals surface area contributed by atoms with Gasteiger partial charge in [-0.25, -0.2) is 0 Å². The van der Waals surface area contributed by atoms with Crippen LogP contribution in [-0.4, -0.2) is 0 Å². The Morgan fingerprint density at radius 2 is 1.33 bits per heavy atom. The van der Waals surface area contributed by atoms with Crippen LogP contribution in [0.1, 0.15) is 76.2 Å². The molecule has 0 heterocycles. The molecule has 1 aromatic rings. The van der Waals surface area contributed by atoms with Crippen LogP contribution >= 0.6 is 0 Å². The molecule has 2 fully saturated rings. The minimum absolute atomic E-state index is 1.07. The SMILES string of the molecule is c1ccc(CCCCC(C2CCCC2)C2CCCC2)cc1. The molecule has 0 radical (unpaired) electrons. The summed E-state index contributed by atoms with van der Waals surface area (Å²) < 4.78 is 0. The van der Waals surface area contributed by atoms with Crippen molar-refractivity contribution in [2.24, 2.45) is 17.8 Å². The highest BCUT2D eigenvalue weighted by atomic mass is 14.4. The summed E-state index contributed by atoms with van der Waals surface area (Å²) in [5, 5.41) is 0. The molecule has 116 valence electrons. The van der Waals surface area contributed by atoms with E-state index in [4.69, 9.17) is 0 Å². The van der Waals surface area contributed by atoms with Crippen molar-refractivity contribution in [2.45, 2.75) is 77.0 Å². The third kappa shape index (κ3) is 4.34. The van der Waals surface area contributed by atoms with Crippen molar-refractivity contribution in [3.8, 4) is 0 Å². The highest BCUT2D eigenvalue weighted by molar-refractivity contribution is 5.14. The van der Waals surface area contributed by atoms with Crippen molar-refractivity contribution in [1.29, 1.82) is 0 Å². The molecule has 0 heteroatoms. The molecule has 0 aromatic heterocycles. The molecule has 2 aliphatic rings. The summed E-state index contributed by atoms with van der Waals surface area (Å²) in [4.78, 5) is 0. The second-order valence-corrected chi connectivity index (χ2v) is 7.48. The van der Waals surface area contributed by atoms with Crippen LogP contribution in [0.2, 0.25) is 0 Å². The Kier molecular flexibility index (Phi) is 5.77. The second-order valence-electron chi connectivity index (χ2n) is 7.48. The molecular formula is C21H32. The van der Waals surface area contributed by atoms with Gasteiger partial charge in [0.1, 0.15) is 0 Å². The average Bonchev–Trinajstić information content (AvgIpc) is 3.22. The Hall–Kier alpha value is -0.780. The molecule has 0 amide bonds. The molecule has 2 saturated carbocycles. The first kappa shape index (κ1) is 15.1. The van der Waals surface area contributed by atoms with Gasteiger partial charge in [-0.3, -0.25) is 0 Å². The average molecular weight is 284 g/mol. The summed E-state index contributed by atoms with van der Waals surface area (Å²) in [6.07, 6.45) is 17.8. The molecule has 0 atom stereocenters. The van der Waals surface area contributed by atoms with Crippen molar-refractivity contribution in [3.05, 3.63) is 35.9 Å². The predicted octanol–water partition coefficient (Wildman–Crippen LogP) is 6.40. The summed E-state index contributed by atoms with van der Waals surface area (Å²) in [7, 11) is 0. The highest BCUT2D eigenvalue weighted by Crippen LogP contribution is 2.43. The van der Waals surface area contributed by atoms with Crippen molar-refractivity contribution < 1.29 is 0 Å². The largest absolute Gasteiger partial charge is 0.0622 e. The molecule has 3 rings (SSSR count). The molecule has 0 N–H and O–H groups in total. The normalized spacial score (nSPS) is 20.6. The molecular weight excluding hydrogens is 252 g/mol. The van der Waals surface area contributed by atoms with Gasteiger partial charge in [0, 0.05) is 0 Å². The van der Waals surface area contributed by atoms with Gasteiger partial charge >= 0.3 is 0 Å². The zero-order valence-corrected chi connectivity index (χ0v) is 13.6. The standard InChI is InChI=1S/C21H32/c1-2-10-18(11-3-1)12-4-9-17-21(19-13-5-6-14-19)20-15-7-8-16-20/h1-3,10-11,19-21H,4-9,12-17H2. The van der Waals surface area contributed by atoms with E-state index in [0.29, 0.717) is 0 Å². The summed E-state index contributed by atoms with van der Waals surface area (Å²) >= 11 is 0. The predicted molar refractivity (Wildman–Crippen MR) is 91.4 cm³/mol. The fourth-order valence-corrected chi connectivity index (χ4v) is 4.98. The van der Waals surface area contributed by atoms with Crippen LogP contribution in [0.25, 0.3) is 0 Å². The number of aryl methyl sites for hydroxylation is 1. The maximum Gasteiger partial charge on any atom is -0.0279 e. The third-order valence-electron chi connectivity index (χ3n) is 6.11. The maximum absolute atomic E-state index is 2.28. The van der Waals surface area contributed by atoms with Gasteiger partial charge in [0.25, 0.3) is 0 Å². The van der Waals surface area contributed by atoms with Gasteiger partial charge in [-0.05, 0) is 42.6 Å². The lowest BCUT2D eigenvalue weighted by molar-refractivity contribution is 0.210. The Labute approximate surface area is 131 Å². The Balaban J connectivity index is 1.45. The van der Waals surface area contributed by atoms with Crippen LogP contribution in [-0.2, 0) is 6.42 Å². The van der Waals surface area contributed by atoms with Gasteiger partial charge in [-0.15, -0.1) is 0 Å². The second kappa shape index (κ2) is 8.01. The van der Waals surface area contributed by atoms with Crippen molar-refractivity contribution in [2.75, 3.05) is 0 Å². The van der Waals surface area contributed by atoms with Gasteiger partial charge in [0.15, 0.2) is 0 Å². The smallest absolute Gasteiger partial charge is 0.0279 e. The Bertz CT molecular complexity index is 366. The minimum atomic E-state index is 1.07. The number of rotatable bonds is 7. The maximum atomic E-state index is 2.28. The molecule has 1 aromatic carbocycles. The number of hydrogen-bond acceptors (Lipinski definition) is 0. The number of benzene rings is 1. The fourth-order valence-electron chi connectivity index (χ4n) is 4.98. The van der Waals surface area contributed by atoms with Gasteiger partial charge < -0.3 is 0 Å². The van der Waals surface area contributed by atoms with Crippen molar-refractivity contribution in [3.63, 3.8) is 0 Å². The van der Waals surface area contributed by atoms with Crippen LogP contribution in [0.5, 0.6) is 0 Å². The molecule has 0 nitrogen and oxygen atoms in total. The Morgan fingerprint density at radius 3 is 1.90 bits per heavy atom. The zero-order valence-electron chi connectivity index (χ0n) is 13.6. The van der Waals surface area contributed by atoms with E-state index in [1.807, 2.05) is 0 Å². The van der Waals surface area contributed by atoms with E-state index in [1.54, 1.807) is 25.7 Å². The minimum Gasteiger partial charge on any atom is -0.0622 e. The summed E-state index contributed by atoms with van der Waals surface area (Å²) in [5.74, 6) is 3.25. The summed E-state index contributed by atoms with van der Waals surface area (Å²) in [6.45, 7) is 0. The topological polar surface area (TPSA) is 0 Å². The summed E-state index contributed by atoms with van der Waals surface area (Å²) in [5.41, 5.74) is 1.52. The molecule has 0 saturated heterocycles. The van der Waals surface area contributed by atoms with Crippen LogP contribution in [0.15, 0.2) is 30.3 Å². The van der Waals surface area contributed by atoms with E-state index >= 15 is 0 Å². The highest BCUT2D eigenvalue weighted by Gasteiger charge is 2.32. The van der Waals surface area contributed by atoms with Crippen LogP contribution < -0.4 is 0 Å². The molecule has 21 heavy (non-hydrogen) atoms. The first-order chi connectivity index (χ1) is 10.4. The lowest BCUT2D eigenvalue weighted by Crippen LogP contribution is -2.20. The van der Waals surface area contributed by atoms with E-state index in [2.05, 4.69) is 30.3 Å². The van der Waals surface area contributed by atoms with Crippen molar-refractivity contribution >= 4 is 0 Å². The van der Waals surface area contributed by atoms with Gasteiger partial charge in [-0.1, -0.05) is 88.1 Å². The zero-order chi connectivity index (χ0) is 14.3. The summed E-state index contributed by atoms with van der Waals surface area (Å²) in [6, 6.07) is 11.0. The van der Waals surface area contributed by atoms with E-state index < -0.39 is 0 Å². The van der Waals surface area contributed by atoms with Gasteiger partial charge in [0.05, 0.1) is 0 Å². The van der Waals surface area contributed by atoms with Crippen LogP contribution in [0, 0.1) is 17.8 Å². The fraction of sp³-hybridized carbons (Fsp3) is 0.714. The third-order valence-corrected chi connectivity index (χ3v) is 6.11. The van der Waals surface area contributed by atoms with E-state index in [9.17, 15) is 0 Å². The first-order valence-electron chi connectivity index (χ1n) is 9.47. The molecule has 0 bridgehead atoms. The van der Waals surface area contributed by atoms with Gasteiger partial charge in [-0.2, -0.15) is 0 Å². The van der Waals surface area contributed by atoms with Gasteiger partial charge in [0.2, 0.25) is 0 Å². The molecule has 2 aliphatic carbocycles. The molecule has 0 aliphatic heterocycles. The van der Waals surface area contributed by atoms with Crippen LogP contribution in [0.3, 0.4) is 0 Å². The molecule has 0 unspecified atom stereocenters. The van der Waals surface area contributed by atoms with E-state index in [0.717, 1.165) is 17.8 Å². The van der Waals surface area contributed by atoms with Crippen molar-refractivity contribution in [1.82, 2.24) is 0 Å². The monoisotopic (exact) mass is 284 g/mol.